The van der Waals surface area contributed by atoms with Crippen molar-refractivity contribution < 1.29 is 23.8 Å². The van der Waals surface area contributed by atoms with Crippen LogP contribution in [0, 0.1) is 0 Å². The quantitative estimate of drug-likeness (QED) is 0.514. The Morgan fingerprint density at radius 1 is 1.25 bits per heavy atom. The minimum atomic E-state index is -0.580. The molecule has 2 atom stereocenters. The van der Waals surface area contributed by atoms with Crippen molar-refractivity contribution in [2.45, 2.75) is 32.1 Å². The van der Waals surface area contributed by atoms with Crippen LogP contribution in [0.2, 0.25) is 0 Å². The zero-order valence-electron chi connectivity index (χ0n) is 16.4. The number of amidine groups is 1. The molecule has 1 amide bonds. The number of allylic oxidation sites excluding steroid dienone is 1. The molecule has 3 rings (SSSR count). The van der Waals surface area contributed by atoms with E-state index in [0.29, 0.717) is 29.7 Å². The fourth-order valence-corrected chi connectivity index (χ4v) is 4.22. The fraction of sp³-hybridized carbons (Fsp3) is 0.450. The number of benzene rings is 1. The molecule has 0 radical (unpaired) electrons. The highest BCUT2D eigenvalue weighted by Gasteiger charge is 2.46. The van der Waals surface area contributed by atoms with E-state index in [1.54, 1.807) is 18.9 Å². The molecule has 28 heavy (non-hydrogen) atoms. The Bertz CT molecular complexity index is 818. The smallest absolute Gasteiger partial charge is 0.338 e. The van der Waals surface area contributed by atoms with E-state index < -0.39 is 12.0 Å². The summed E-state index contributed by atoms with van der Waals surface area (Å²) in [6.07, 6.45) is 0. The molecule has 2 aliphatic heterocycles. The van der Waals surface area contributed by atoms with Gasteiger partial charge in [-0.15, -0.1) is 0 Å². The lowest BCUT2D eigenvalue weighted by molar-refractivity contribution is -0.141. The standard InChI is InChI=1S/C20H24N2O5S/c1-5-26-15-8-6-14(7-9-15)17-16(19(24)27-11-10-25-4)12(2)21-20-22(17)18(23)13(3)28-20/h6-9,13,17H,5,10-11H2,1-4H3/t13-,17-/m1/s1. The van der Waals surface area contributed by atoms with Gasteiger partial charge in [-0.1, -0.05) is 23.9 Å². The van der Waals surface area contributed by atoms with E-state index in [9.17, 15) is 9.59 Å². The Morgan fingerprint density at radius 2 is 1.96 bits per heavy atom. The Morgan fingerprint density at radius 3 is 2.61 bits per heavy atom. The predicted molar refractivity (Wildman–Crippen MR) is 107 cm³/mol. The van der Waals surface area contributed by atoms with Crippen molar-refractivity contribution in [1.82, 2.24) is 4.90 Å². The fourth-order valence-electron chi connectivity index (χ4n) is 3.19. The number of esters is 1. The normalized spacial score (nSPS) is 21.5. The largest absolute Gasteiger partial charge is 0.494 e. The van der Waals surface area contributed by atoms with Crippen LogP contribution < -0.4 is 4.74 Å². The maximum atomic E-state index is 12.8. The first-order valence-electron chi connectivity index (χ1n) is 9.16. The summed E-state index contributed by atoms with van der Waals surface area (Å²) in [5.74, 6) is 0.169. The van der Waals surface area contributed by atoms with Crippen molar-refractivity contribution in [3.8, 4) is 5.75 Å². The number of aliphatic imine (C=N–C) groups is 1. The van der Waals surface area contributed by atoms with Gasteiger partial charge in [0.15, 0.2) is 5.17 Å². The van der Waals surface area contributed by atoms with E-state index in [1.807, 2.05) is 38.1 Å². The number of carbonyl (C=O) groups is 2. The summed E-state index contributed by atoms with van der Waals surface area (Å²) in [5, 5.41) is 0.364. The molecule has 1 fully saturated rings. The molecule has 2 aliphatic rings. The Balaban J connectivity index is 2.00. The minimum absolute atomic E-state index is 0.0719. The van der Waals surface area contributed by atoms with Crippen LogP contribution in [0.5, 0.6) is 5.75 Å². The van der Waals surface area contributed by atoms with Gasteiger partial charge in [0.2, 0.25) is 5.91 Å². The van der Waals surface area contributed by atoms with Gasteiger partial charge in [0.1, 0.15) is 12.4 Å². The number of hydrogen-bond donors (Lipinski definition) is 0. The molecule has 0 aliphatic carbocycles. The zero-order chi connectivity index (χ0) is 20.3. The molecule has 150 valence electrons. The van der Waals surface area contributed by atoms with Crippen molar-refractivity contribution in [2.75, 3.05) is 26.9 Å². The molecule has 1 aromatic carbocycles. The molecule has 0 unspecified atom stereocenters. The van der Waals surface area contributed by atoms with Gasteiger partial charge < -0.3 is 14.2 Å². The molecular formula is C20H24N2O5S. The van der Waals surface area contributed by atoms with Crippen LogP contribution >= 0.6 is 11.8 Å². The second-order valence-electron chi connectivity index (χ2n) is 6.40. The van der Waals surface area contributed by atoms with Crippen LogP contribution in [0.25, 0.3) is 0 Å². The van der Waals surface area contributed by atoms with Gasteiger partial charge >= 0.3 is 5.97 Å². The number of hydrogen-bond acceptors (Lipinski definition) is 7. The highest BCUT2D eigenvalue weighted by molar-refractivity contribution is 8.15. The van der Waals surface area contributed by atoms with E-state index in [-0.39, 0.29) is 17.8 Å². The monoisotopic (exact) mass is 404 g/mol. The molecule has 0 bridgehead atoms. The second kappa shape index (κ2) is 8.79. The number of ether oxygens (including phenoxy) is 3. The molecule has 0 aromatic heterocycles. The van der Waals surface area contributed by atoms with Crippen molar-refractivity contribution in [1.29, 1.82) is 0 Å². The minimum Gasteiger partial charge on any atom is -0.494 e. The summed E-state index contributed by atoms with van der Waals surface area (Å²) in [5.41, 5.74) is 1.73. The van der Waals surface area contributed by atoms with Crippen molar-refractivity contribution in [3.63, 3.8) is 0 Å². The maximum absolute atomic E-state index is 12.8. The number of thioether (sulfide) groups is 1. The number of amides is 1. The zero-order valence-corrected chi connectivity index (χ0v) is 17.2. The topological polar surface area (TPSA) is 77.4 Å². The lowest BCUT2D eigenvalue weighted by Gasteiger charge is -2.33. The van der Waals surface area contributed by atoms with Crippen molar-refractivity contribution in [3.05, 3.63) is 41.1 Å². The number of nitrogens with zero attached hydrogens (tertiary/aromatic N) is 2. The average Bonchev–Trinajstić information content (AvgIpc) is 2.95. The van der Waals surface area contributed by atoms with Gasteiger partial charge in [-0.05, 0) is 38.5 Å². The Kier molecular flexibility index (Phi) is 6.41. The SMILES string of the molecule is CCOc1ccc([C@@H]2C(C(=O)OCCOC)=C(C)N=C3S[C@H](C)C(=O)N32)cc1. The van der Waals surface area contributed by atoms with E-state index in [2.05, 4.69) is 4.99 Å². The molecule has 2 heterocycles. The van der Waals surface area contributed by atoms with Crippen LogP contribution in [0.4, 0.5) is 0 Å². The molecule has 7 nitrogen and oxygen atoms in total. The van der Waals surface area contributed by atoms with Crippen molar-refractivity contribution >= 4 is 28.8 Å². The number of carbonyl (C=O) groups excluding carboxylic acids is 2. The molecular weight excluding hydrogens is 380 g/mol. The van der Waals surface area contributed by atoms with Gasteiger partial charge in [0.05, 0.1) is 35.8 Å². The summed E-state index contributed by atoms with van der Waals surface area (Å²) in [7, 11) is 1.54. The first-order chi connectivity index (χ1) is 13.5. The third-order valence-corrected chi connectivity index (χ3v) is 5.56. The third-order valence-electron chi connectivity index (χ3n) is 4.51. The van der Waals surface area contributed by atoms with Crippen LogP contribution in [-0.2, 0) is 19.1 Å². The first-order valence-corrected chi connectivity index (χ1v) is 10.0. The highest BCUT2D eigenvalue weighted by Crippen LogP contribution is 2.43. The van der Waals surface area contributed by atoms with E-state index in [0.717, 1.165) is 11.3 Å². The predicted octanol–water partition coefficient (Wildman–Crippen LogP) is 2.92. The summed E-state index contributed by atoms with van der Waals surface area (Å²) in [4.78, 5) is 31.8. The molecule has 0 N–H and O–H groups in total. The van der Waals surface area contributed by atoms with Gasteiger partial charge in [0.25, 0.3) is 0 Å². The van der Waals surface area contributed by atoms with Crippen LogP contribution in [0.3, 0.4) is 0 Å². The summed E-state index contributed by atoms with van der Waals surface area (Å²) in [6.45, 7) is 6.53. The highest BCUT2D eigenvalue weighted by atomic mass is 32.2. The second-order valence-corrected chi connectivity index (χ2v) is 7.70. The van der Waals surface area contributed by atoms with E-state index in [4.69, 9.17) is 14.2 Å². The first kappa shape index (κ1) is 20.4. The molecule has 8 heteroatoms. The Hall–Kier alpha value is -2.32. The summed E-state index contributed by atoms with van der Waals surface area (Å²) in [6, 6.07) is 6.84. The maximum Gasteiger partial charge on any atom is 0.338 e. The number of methoxy groups -OCH3 is 1. The van der Waals surface area contributed by atoms with Gasteiger partial charge in [-0.3, -0.25) is 9.69 Å². The Labute approximate surface area is 168 Å². The van der Waals surface area contributed by atoms with E-state index in [1.165, 1.54) is 11.8 Å². The van der Waals surface area contributed by atoms with Gasteiger partial charge in [-0.25, -0.2) is 9.79 Å². The summed E-state index contributed by atoms with van der Waals surface area (Å²) < 4.78 is 15.8. The molecule has 1 aromatic rings. The van der Waals surface area contributed by atoms with Crippen LogP contribution in [0.1, 0.15) is 32.4 Å². The van der Waals surface area contributed by atoms with Crippen LogP contribution in [0.15, 0.2) is 40.5 Å². The third kappa shape index (κ3) is 3.93. The average molecular weight is 404 g/mol. The van der Waals surface area contributed by atoms with Crippen molar-refractivity contribution in [2.24, 2.45) is 4.99 Å². The lowest BCUT2D eigenvalue weighted by atomic mass is 9.94. The van der Waals surface area contributed by atoms with Gasteiger partial charge in [0, 0.05) is 7.11 Å². The van der Waals surface area contributed by atoms with E-state index >= 15 is 0 Å². The number of rotatable bonds is 7. The molecule has 1 saturated heterocycles. The summed E-state index contributed by atoms with van der Waals surface area (Å²) >= 11 is 1.40. The molecule has 0 spiro atoms. The van der Waals surface area contributed by atoms with Crippen LogP contribution in [-0.4, -0.2) is 54.1 Å². The molecule has 0 saturated carbocycles. The lowest BCUT2D eigenvalue weighted by Crippen LogP contribution is -2.40. The van der Waals surface area contributed by atoms with Gasteiger partial charge in [-0.2, -0.15) is 0 Å². The number of fused-ring (bicyclic) bond motifs is 1.